The average Bonchev–Trinajstić information content (AvgIpc) is 3.23. The van der Waals surface area contributed by atoms with Gasteiger partial charge in [-0.1, -0.05) is 6.07 Å². The van der Waals surface area contributed by atoms with Gasteiger partial charge in [0, 0.05) is 39.6 Å². The van der Waals surface area contributed by atoms with Crippen molar-refractivity contribution in [1.29, 1.82) is 0 Å². The number of Topliss-reactive ketones (excluding diaryl/α,β-unsaturated/α-hetero) is 1. The van der Waals surface area contributed by atoms with Crippen LogP contribution in [-0.2, 0) is 4.79 Å². The van der Waals surface area contributed by atoms with E-state index in [1.807, 2.05) is 30.9 Å². The number of nitrogens with zero attached hydrogens (tertiary/aromatic N) is 1. The zero-order valence-electron chi connectivity index (χ0n) is 13.5. The lowest BCUT2D eigenvalue weighted by Crippen LogP contribution is -2.30. The Morgan fingerprint density at radius 3 is 2.78 bits per heavy atom. The number of rotatable bonds is 5. The molecule has 1 amide bonds. The molecule has 0 unspecified atom stereocenters. The van der Waals surface area contributed by atoms with Gasteiger partial charge < -0.3 is 4.90 Å². The van der Waals surface area contributed by atoms with Crippen molar-refractivity contribution < 1.29 is 9.59 Å². The summed E-state index contributed by atoms with van der Waals surface area (Å²) in [6.07, 6.45) is 2.70. The summed E-state index contributed by atoms with van der Waals surface area (Å²) in [6.45, 7) is 4.79. The van der Waals surface area contributed by atoms with Crippen LogP contribution in [0.5, 0.6) is 0 Å². The Labute approximate surface area is 144 Å². The highest BCUT2D eigenvalue weighted by molar-refractivity contribution is 7.12. The van der Waals surface area contributed by atoms with Crippen LogP contribution in [0.3, 0.4) is 0 Å². The zero-order chi connectivity index (χ0) is 16.4. The van der Waals surface area contributed by atoms with E-state index in [-0.39, 0.29) is 17.7 Å². The Kier molecular flexibility index (Phi) is 4.97. The summed E-state index contributed by atoms with van der Waals surface area (Å²) in [5, 5.41) is 2.06. The van der Waals surface area contributed by atoms with Crippen LogP contribution in [0, 0.1) is 13.8 Å². The fourth-order valence-corrected chi connectivity index (χ4v) is 5.06. The Morgan fingerprint density at radius 2 is 2.13 bits per heavy atom. The van der Waals surface area contributed by atoms with E-state index in [9.17, 15) is 9.59 Å². The second-order valence-electron chi connectivity index (χ2n) is 6.01. The minimum Gasteiger partial charge on any atom is -0.335 e. The van der Waals surface area contributed by atoms with Gasteiger partial charge in [0.1, 0.15) is 0 Å². The van der Waals surface area contributed by atoms with Crippen LogP contribution in [-0.4, -0.2) is 23.1 Å². The number of hydrogen-bond donors (Lipinski definition) is 0. The van der Waals surface area contributed by atoms with Gasteiger partial charge in [-0.2, -0.15) is 0 Å². The van der Waals surface area contributed by atoms with Crippen LogP contribution in [0.25, 0.3) is 0 Å². The number of likely N-dealkylation sites (tertiary alicyclic amines) is 1. The summed E-state index contributed by atoms with van der Waals surface area (Å²) in [7, 11) is 0. The minimum atomic E-state index is 0.0899. The number of ketones is 1. The SMILES string of the molecule is Cc1cc(C(=O)CCC(=O)N2CCC[C@H]2c2cccs2)c(C)s1. The highest BCUT2D eigenvalue weighted by atomic mass is 32.1. The molecular weight excluding hydrogens is 326 g/mol. The van der Waals surface area contributed by atoms with E-state index in [1.54, 1.807) is 22.7 Å². The maximum atomic E-state index is 12.6. The van der Waals surface area contributed by atoms with Gasteiger partial charge in [-0.25, -0.2) is 0 Å². The van der Waals surface area contributed by atoms with E-state index >= 15 is 0 Å². The van der Waals surface area contributed by atoms with Gasteiger partial charge in [0.25, 0.3) is 0 Å². The first-order valence-electron chi connectivity index (χ1n) is 7.99. The van der Waals surface area contributed by atoms with Crippen LogP contribution < -0.4 is 0 Å². The van der Waals surface area contributed by atoms with Gasteiger partial charge in [-0.15, -0.1) is 22.7 Å². The molecule has 2 aromatic heterocycles. The van der Waals surface area contributed by atoms with Crippen molar-refractivity contribution >= 4 is 34.4 Å². The lowest BCUT2D eigenvalue weighted by Gasteiger charge is -2.23. The molecule has 0 saturated carbocycles. The molecular formula is C18H21NO2S2. The number of carbonyl (C=O) groups excluding carboxylic acids is 2. The van der Waals surface area contributed by atoms with Crippen molar-refractivity contribution in [3.63, 3.8) is 0 Å². The molecule has 5 heteroatoms. The maximum absolute atomic E-state index is 12.6. The van der Waals surface area contributed by atoms with Crippen LogP contribution in [0.4, 0.5) is 0 Å². The van der Waals surface area contributed by atoms with Gasteiger partial charge in [-0.05, 0) is 44.2 Å². The van der Waals surface area contributed by atoms with E-state index < -0.39 is 0 Å². The fraction of sp³-hybridized carbons (Fsp3) is 0.444. The zero-order valence-corrected chi connectivity index (χ0v) is 15.1. The van der Waals surface area contributed by atoms with Gasteiger partial charge in [-0.3, -0.25) is 9.59 Å². The summed E-state index contributed by atoms with van der Waals surface area (Å²) in [5.41, 5.74) is 0.788. The Hall–Kier alpha value is -1.46. The van der Waals surface area contributed by atoms with Gasteiger partial charge in [0.2, 0.25) is 5.91 Å². The molecule has 3 rings (SSSR count). The molecule has 1 aliphatic heterocycles. The Bertz CT molecular complexity index is 703. The van der Waals surface area contributed by atoms with E-state index in [0.717, 1.165) is 34.7 Å². The van der Waals surface area contributed by atoms with Crippen LogP contribution in [0.15, 0.2) is 23.6 Å². The Morgan fingerprint density at radius 1 is 1.30 bits per heavy atom. The summed E-state index contributed by atoms with van der Waals surface area (Å²) < 4.78 is 0. The number of thiophene rings is 2. The first-order chi connectivity index (χ1) is 11.1. The second kappa shape index (κ2) is 6.97. The molecule has 2 aromatic rings. The molecule has 1 fully saturated rings. The molecule has 1 atom stereocenters. The molecule has 122 valence electrons. The molecule has 3 heterocycles. The molecule has 23 heavy (non-hydrogen) atoms. The molecule has 0 aliphatic carbocycles. The summed E-state index contributed by atoms with van der Waals surface area (Å²) in [5.74, 6) is 0.200. The van der Waals surface area contributed by atoms with Gasteiger partial charge in [0.15, 0.2) is 5.78 Å². The van der Waals surface area contributed by atoms with Crippen LogP contribution in [0.1, 0.15) is 56.7 Å². The molecule has 0 spiro atoms. The first-order valence-corrected chi connectivity index (χ1v) is 9.69. The molecule has 3 nitrogen and oxygen atoms in total. The highest BCUT2D eigenvalue weighted by Gasteiger charge is 2.30. The quantitative estimate of drug-likeness (QED) is 0.732. The standard InChI is InChI=1S/C18H21NO2S2/c1-12-11-14(13(2)23-12)16(20)7-8-18(21)19-9-3-5-15(19)17-6-4-10-22-17/h4,6,10-11,15H,3,5,7-9H2,1-2H3/t15-/m0/s1. The van der Waals surface area contributed by atoms with Crippen molar-refractivity contribution in [3.8, 4) is 0 Å². The van der Waals surface area contributed by atoms with Crippen molar-refractivity contribution in [2.24, 2.45) is 0 Å². The molecule has 1 saturated heterocycles. The lowest BCUT2D eigenvalue weighted by atomic mass is 10.1. The third-order valence-electron chi connectivity index (χ3n) is 4.35. The number of amides is 1. The lowest BCUT2D eigenvalue weighted by molar-refractivity contribution is -0.132. The molecule has 0 N–H and O–H groups in total. The van der Waals surface area contributed by atoms with Crippen LogP contribution in [0.2, 0.25) is 0 Å². The fourth-order valence-electron chi connectivity index (χ4n) is 3.25. The monoisotopic (exact) mass is 347 g/mol. The van der Waals surface area contributed by atoms with E-state index in [2.05, 4.69) is 11.4 Å². The van der Waals surface area contributed by atoms with Crippen molar-refractivity contribution in [2.75, 3.05) is 6.54 Å². The van der Waals surface area contributed by atoms with Crippen molar-refractivity contribution in [1.82, 2.24) is 4.90 Å². The highest BCUT2D eigenvalue weighted by Crippen LogP contribution is 2.35. The minimum absolute atomic E-state index is 0.0899. The molecule has 0 aromatic carbocycles. The van der Waals surface area contributed by atoms with Crippen molar-refractivity contribution in [2.45, 2.75) is 45.6 Å². The molecule has 1 aliphatic rings. The maximum Gasteiger partial charge on any atom is 0.223 e. The molecule has 0 bridgehead atoms. The van der Waals surface area contributed by atoms with Crippen molar-refractivity contribution in [3.05, 3.63) is 43.8 Å². The molecule has 0 radical (unpaired) electrons. The van der Waals surface area contributed by atoms with Gasteiger partial charge in [0.05, 0.1) is 6.04 Å². The third kappa shape index (κ3) is 3.56. The third-order valence-corrected chi connectivity index (χ3v) is 6.29. The predicted octanol–water partition coefficient (Wildman–Crippen LogP) is 4.75. The van der Waals surface area contributed by atoms with Gasteiger partial charge >= 0.3 is 0 Å². The normalized spacial score (nSPS) is 17.7. The number of carbonyl (C=O) groups is 2. The first kappa shape index (κ1) is 16.4. The number of hydrogen-bond acceptors (Lipinski definition) is 4. The summed E-state index contributed by atoms with van der Waals surface area (Å²) >= 11 is 3.35. The topological polar surface area (TPSA) is 37.4 Å². The van der Waals surface area contributed by atoms with E-state index in [4.69, 9.17) is 0 Å². The predicted molar refractivity (Wildman–Crippen MR) is 95.4 cm³/mol. The summed E-state index contributed by atoms with van der Waals surface area (Å²) in [4.78, 5) is 30.3. The Balaban J connectivity index is 1.61. The largest absolute Gasteiger partial charge is 0.335 e. The van der Waals surface area contributed by atoms with Crippen LogP contribution >= 0.6 is 22.7 Å². The van der Waals surface area contributed by atoms with E-state index in [0.29, 0.717) is 12.8 Å². The number of aryl methyl sites for hydroxylation is 2. The average molecular weight is 348 g/mol. The smallest absolute Gasteiger partial charge is 0.223 e. The summed E-state index contributed by atoms with van der Waals surface area (Å²) in [6, 6.07) is 6.29. The second-order valence-corrected chi connectivity index (χ2v) is 8.45. The van der Waals surface area contributed by atoms with E-state index in [1.165, 1.54) is 4.88 Å².